The summed E-state index contributed by atoms with van der Waals surface area (Å²) in [6, 6.07) is 4.77. The average molecular weight is 317 g/mol. The maximum atomic E-state index is 12.3. The van der Waals surface area contributed by atoms with E-state index in [1.54, 1.807) is 19.1 Å². The minimum absolute atomic E-state index is 0.225. The third-order valence-corrected chi connectivity index (χ3v) is 4.95. The van der Waals surface area contributed by atoms with Crippen molar-refractivity contribution in [2.45, 2.75) is 37.3 Å². The van der Waals surface area contributed by atoms with Crippen LogP contribution in [0.1, 0.15) is 27.2 Å². The van der Waals surface area contributed by atoms with E-state index in [1.807, 2.05) is 0 Å². The van der Waals surface area contributed by atoms with Crippen LogP contribution in [0.3, 0.4) is 0 Å². The summed E-state index contributed by atoms with van der Waals surface area (Å²) >= 11 is 6.01. The van der Waals surface area contributed by atoms with Crippen LogP contribution in [0.15, 0.2) is 23.1 Å². The summed E-state index contributed by atoms with van der Waals surface area (Å²) in [5, 5.41) is 2.47. The molecule has 1 rings (SSSR count). The Hall–Kier alpha value is -1.07. The minimum Gasteiger partial charge on any atom is -0.399 e. The van der Waals surface area contributed by atoms with Crippen molar-refractivity contribution < 1.29 is 9.00 Å². The maximum Gasteiger partial charge on any atom is 0.235 e. The molecule has 0 saturated heterocycles. The zero-order valence-electron chi connectivity index (χ0n) is 12.0. The number of carbonyl (C=O) groups is 1. The van der Waals surface area contributed by atoms with Crippen LogP contribution in [0.5, 0.6) is 0 Å². The van der Waals surface area contributed by atoms with Gasteiger partial charge in [-0.15, -0.1) is 0 Å². The van der Waals surface area contributed by atoms with Gasteiger partial charge in [-0.25, -0.2) is 0 Å². The maximum absolute atomic E-state index is 12.3. The molecule has 6 heteroatoms. The van der Waals surface area contributed by atoms with E-state index in [1.165, 1.54) is 6.07 Å². The molecule has 2 unspecified atom stereocenters. The Morgan fingerprint density at radius 2 is 2.05 bits per heavy atom. The number of nitrogens with one attached hydrogen (secondary N) is 1. The summed E-state index contributed by atoms with van der Waals surface area (Å²) in [6.45, 7) is 6.39. The van der Waals surface area contributed by atoms with E-state index in [2.05, 4.69) is 19.2 Å². The van der Waals surface area contributed by atoms with Crippen LogP contribution in [0.25, 0.3) is 0 Å². The molecule has 3 N–H and O–H groups in total. The zero-order chi connectivity index (χ0) is 15.3. The highest BCUT2D eigenvalue weighted by Gasteiger charge is 2.22. The Morgan fingerprint density at radius 3 is 2.60 bits per heavy atom. The summed E-state index contributed by atoms with van der Waals surface area (Å²) in [5.41, 5.74) is 6.10. The number of nitrogen functional groups attached to an aromatic ring is 1. The van der Waals surface area contributed by atoms with Crippen LogP contribution < -0.4 is 11.1 Å². The molecule has 0 fully saturated rings. The van der Waals surface area contributed by atoms with Crippen molar-refractivity contribution in [2.75, 3.05) is 12.3 Å². The fraction of sp³-hybridized carbons (Fsp3) is 0.500. The number of hydrogen-bond acceptors (Lipinski definition) is 3. The van der Waals surface area contributed by atoms with Crippen LogP contribution in [0.4, 0.5) is 5.69 Å². The third kappa shape index (κ3) is 4.80. The molecule has 0 aliphatic carbocycles. The number of carbonyl (C=O) groups excluding carboxylic acids is 1. The number of nitrogens with two attached hydrogens (primary N) is 1. The molecule has 0 aromatic heterocycles. The largest absolute Gasteiger partial charge is 0.399 e. The average Bonchev–Trinajstić information content (AvgIpc) is 2.36. The van der Waals surface area contributed by atoms with Gasteiger partial charge < -0.3 is 11.1 Å². The van der Waals surface area contributed by atoms with Gasteiger partial charge in [0, 0.05) is 12.2 Å². The minimum atomic E-state index is -1.49. The summed E-state index contributed by atoms with van der Waals surface area (Å²) < 4.78 is 12.3. The molecule has 0 bridgehead atoms. The van der Waals surface area contributed by atoms with Gasteiger partial charge in [0.2, 0.25) is 5.91 Å². The van der Waals surface area contributed by atoms with Crippen molar-refractivity contribution in [1.29, 1.82) is 0 Å². The second-order valence-corrected chi connectivity index (χ2v) is 7.25. The molecule has 0 heterocycles. The lowest BCUT2D eigenvalue weighted by atomic mass is 10.1. The van der Waals surface area contributed by atoms with Gasteiger partial charge in [-0.3, -0.25) is 9.00 Å². The van der Waals surface area contributed by atoms with Crippen molar-refractivity contribution in [1.82, 2.24) is 5.32 Å². The van der Waals surface area contributed by atoms with E-state index in [-0.39, 0.29) is 5.91 Å². The number of halogens is 1. The standard InChI is InChI=1S/C14H21ClN2O2S/c1-9(2)6-7-17-14(18)10(3)20(19)13-5-4-11(16)8-12(13)15/h4-5,8-10H,6-7,16H2,1-3H3,(H,17,18). The number of amides is 1. The molecule has 112 valence electrons. The van der Waals surface area contributed by atoms with Crippen LogP contribution in [0.2, 0.25) is 5.02 Å². The second kappa shape index (κ2) is 7.64. The molecule has 0 aliphatic rings. The molecule has 0 saturated carbocycles. The molecule has 2 atom stereocenters. The molecule has 0 spiro atoms. The van der Waals surface area contributed by atoms with Gasteiger partial charge in [0.1, 0.15) is 5.25 Å². The van der Waals surface area contributed by atoms with Crippen molar-refractivity contribution in [3.05, 3.63) is 23.2 Å². The normalized spacial score (nSPS) is 14.1. The van der Waals surface area contributed by atoms with E-state index < -0.39 is 16.0 Å². The van der Waals surface area contributed by atoms with Crippen LogP contribution in [0, 0.1) is 5.92 Å². The van der Waals surface area contributed by atoms with Crippen molar-refractivity contribution in [2.24, 2.45) is 5.92 Å². The molecule has 1 aromatic carbocycles. The highest BCUT2D eigenvalue weighted by Crippen LogP contribution is 2.24. The Balaban J connectivity index is 2.68. The molecule has 0 aliphatic heterocycles. The summed E-state index contributed by atoms with van der Waals surface area (Å²) in [4.78, 5) is 12.4. The van der Waals surface area contributed by atoms with Gasteiger partial charge in [-0.2, -0.15) is 0 Å². The van der Waals surface area contributed by atoms with E-state index in [0.29, 0.717) is 28.1 Å². The van der Waals surface area contributed by atoms with Gasteiger partial charge in [-0.05, 0) is 37.5 Å². The Bertz CT molecular complexity index is 506. The quantitative estimate of drug-likeness (QED) is 0.792. The van der Waals surface area contributed by atoms with Gasteiger partial charge in [-0.1, -0.05) is 25.4 Å². The van der Waals surface area contributed by atoms with Gasteiger partial charge in [0.25, 0.3) is 0 Å². The Morgan fingerprint density at radius 1 is 1.40 bits per heavy atom. The number of anilines is 1. The number of rotatable bonds is 6. The predicted octanol–water partition coefficient (Wildman–Crippen LogP) is 2.58. The van der Waals surface area contributed by atoms with Crippen molar-refractivity contribution in [3.8, 4) is 0 Å². The monoisotopic (exact) mass is 316 g/mol. The summed E-state index contributed by atoms with van der Waals surface area (Å²) in [5.74, 6) is 0.291. The number of hydrogen-bond donors (Lipinski definition) is 2. The summed E-state index contributed by atoms with van der Waals surface area (Å²) in [6.07, 6.45) is 0.897. The second-order valence-electron chi connectivity index (χ2n) is 5.10. The topological polar surface area (TPSA) is 72.2 Å². The Kier molecular flexibility index (Phi) is 6.49. The lowest BCUT2D eigenvalue weighted by Gasteiger charge is -2.14. The summed E-state index contributed by atoms with van der Waals surface area (Å²) in [7, 11) is -1.49. The lowest BCUT2D eigenvalue weighted by Crippen LogP contribution is -2.36. The van der Waals surface area contributed by atoms with Crippen LogP contribution in [-0.4, -0.2) is 21.9 Å². The smallest absolute Gasteiger partial charge is 0.235 e. The first-order chi connectivity index (χ1) is 9.32. The first-order valence-corrected chi connectivity index (χ1v) is 8.15. The molecule has 1 amide bonds. The predicted molar refractivity (Wildman–Crippen MR) is 84.2 cm³/mol. The fourth-order valence-electron chi connectivity index (χ4n) is 1.60. The highest BCUT2D eigenvalue weighted by atomic mass is 35.5. The lowest BCUT2D eigenvalue weighted by molar-refractivity contribution is -0.120. The van der Waals surface area contributed by atoms with E-state index in [0.717, 1.165) is 6.42 Å². The Labute approximate surface area is 127 Å². The van der Waals surface area contributed by atoms with Gasteiger partial charge in [0.05, 0.1) is 20.7 Å². The fourth-order valence-corrected chi connectivity index (χ4v) is 3.12. The van der Waals surface area contributed by atoms with E-state index >= 15 is 0 Å². The zero-order valence-corrected chi connectivity index (χ0v) is 13.6. The van der Waals surface area contributed by atoms with E-state index in [4.69, 9.17) is 17.3 Å². The molecule has 1 aromatic rings. The first-order valence-electron chi connectivity index (χ1n) is 6.56. The third-order valence-electron chi connectivity index (χ3n) is 2.88. The van der Waals surface area contributed by atoms with Crippen molar-refractivity contribution >= 4 is 34.0 Å². The van der Waals surface area contributed by atoms with Crippen molar-refractivity contribution in [3.63, 3.8) is 0 Å². The molecular weight excluding hydrogens is 296 g/mol. The van der Waals surface area contributed by atoms with E-state index in [9.17, 15) is 9.00 Å². The molecule has 4 nitrogen and oxygen atoms in total. The van der Waals surface area contributed by atoms with Gasteiger partial charge >= 0.3 is 0 Å². The van der Waals surface area contributed by atoms with Gasteiger partial charge in [0.15, 0.2) is 0 Å². The van der Waals surface area contributed by atoms with Crippen LogP contribution >= 0.6 is 11.6 Å². The molecule has 0 radical (unpaired) electrons. The van der Waals surface area contributed by atoms with Crippen LogP contribution in [-0.2, 0) is 15.6 Å². The SMILES string of the molecule is CC(C)CCNC(=O)C(C)S(=O)c1ccc(N)cc1Cl. The number of benzene rings is 1. The molecule has 20 heavy (non-hydrogen) atoms. The first kappa shape index (κ1) is 17.0. The molecular formula is C14H21ClN2O2S. The highest BCUT2D eigenvalue weighted by molar-refractivity contribution is 7.86.